The zero-order chi connectivity index (χ0) is 13.5. The Balaban J connectivity index is 2.71. The van der Waals surface area contributed by atoms with Crippen LogP contribution in [0.15, 0.2) is 28.2 Å². The molecule has 0 aliphatic rings. The zero-order valence-electron chi connectivity index (χ0n) is 9.94. The van der Waals surface area contributed by atoms with Crippen molar-refractivity contribution in [1.29, 1.82) is 0 Å². The van der Waals surface area contributed by atoms with Crippen LogP contribution in [0.3, 0.4) is 0 Å². The van der Waals surface area contributed by atoms with E-state index in [0.29, 0.717) is 10.4 Å². The molecular formula is C12H12ClFN2OS. The molecule has 2 aromatic rings. The van der Waals surface area contributed by atoms with Crippen LogP contribution in [0.25, 0.3) is 10.9 Å². The van der Waals surface area contributed by atoms with Gasteiger partial charge >= 0.3 is 0 Å². The molecular weight excluding hydrogens is 275 g/mol. The molecule has 0 fully saturated rings. The van der Waals surface area contributed by atoms with Gasteiger partial charge < -0.3 is 0 Å². The summed E-state index contributed by atoms with van der Waals surface area (Å²) in [6, 6.07) is 3.33. The first-order chi connectivity index (χ1) is 8.29. The molecule has 0 aliphatic heterocycles. The monoisotopic (exact) mass is 286 g/mol. The molecule has 2 rings (SSSR count). The minimum absolute atomic E-state index is 0.0676. The maximum absolute atomic E-state index is 13.6. The normalized spacial score (nSPS) is 12.1. The third-order valence-corrected chi connectivity index (χ3v) is 3.35. The van der Waals surface area contributed by atoms with E-state index >= 15 is 0 Å². The van der Waals surface area contributed by atoms with Gasteiger partial charge in [-0.15, -0.1) is 12.6 Å². The van der Waals surface area contributed by atoms with E-state index in [0.717, 1.165) is 0 Å². The van der Waals surface area contributed by atoms with Crippen molar-refractivity contribution in [3.8, 4) is 0 Å². The first kappa shape index (κ1) is 13.4. The second-order valence-corrected chi connectivity index (χ2v) is 5.55. The molecule has 0 saturated carbocycles. The number of fused-ring (bicyclic) bond motifs is 1. The summed E-state index contributed by atoms with van der Waals surface area (Å²) in [5.74, 6) is 0. The van der Waals surface area contributed by atoms with Gasteiger partial charge in [0.1, 0.15) is 5.67 Å². The van der Waals surface area contributed by atoms with E-state index in [-0.39, 0.29) is 22.5 Å². The number of halogens is 2. The van der Waals surface area contributed by atoms with Gasteiger partial charge in [-0.1, -0.05) is 11.6 Å². The van der Waals surface area contributed by atoms with E-state index < -0.39 is 5.67 Å². The molecule has 0 atom stereocenters. The lowest BCUT2D eigenvalue weighted by Crippen LogP contribution is -2.30. The third kappa shape index (κ3) is 2.52. The first-order valence-corrected chi connectivity index (χ1v) is 6.17. The van der Waals surface area contributed by atoms with Crippen molar-refractivity contribution in [2.75, 3.05) is 0 Å². The zero-order valence-corrected chi connectivity index (χ0v) is 11.6. The summed E-state index contributed by atoms with van der Waals surface area (Å²) in [7, 11) is 0. The number of benzene rings is 1. The van der Waals surface area contributed by atoms with Crippen LogP contribution in [0.4, 0.5) is 4.39 Å². The van der Waals surface area contributed by atoms with Crippen molar-refractivity contribution < 1.29 is 4.39 Å². The fraction of sp³-hybridized carbons (Fsp3) is 0.333. The van der Waals surface area contributed by atoms with Crippen molar-refractivity contribution in [3.05, 3.63) is 33.8 Å². The summed E-state index contributed by atoms with van der Waals surface area (Å²) in [5.41, 5.74) is -1.37. The van der Waals surface area contributed by atoms with Crippen LogP contribution in [0.2, 0.25) is 5.02 Å². The summed E-state index contributed by atoms with van der Waals surface area (Å²) in [6.07, 6.45) is 1.33. The molecule has 0 unspecified atom stereocenters. The summed E-state index contributed by atoms with van der Waals surface area (Å²) < 4.78 is 14.8. The van der Waals surface area contributed by atoms with E-state index in [1.165, 1.54) is 24.7 Å². The van der Waals surface area contributed by atoms with E-state index in [1.807, 2.05) is 0 Å². The molecule has 96 valence electrons. The number of rotatable bonds is 2. The Labute approximate surface area is 114 Å². The van der Waals surface area contributed by atoms with Crippen molar-refractivity contribution >= 4 is 35.1 Å². The smallest absolute Gasteiger partial charge is 0.262 e. The molecule has 1 aromatic heterocycles. The predicted molar refractivity (Wildman–Crippen MR) is 73.5 cm³/mol. The highest BCUT2D eigenvalue weighted by molar-refractivity contribution is 7.80. The number of alkyl halides is 1. The average Bonchev–Trinajstić information content (AvgIpc) is 2.25. The molecule has 0 spiro atoms. The highest BCUT2D eigenvalue weighted by atomic mass is 35.5. The lowest BCUT2D eigenvalue weighted by Gasteiger charge is -2.16. The van der Waals surface area contributed by atoms with Gasteiger partial charge in [0.15, 0.2) is 0 Å². The van der Waals surface area contributed by atoms with Crippen LogP contribution in [-0.2, 0) is 6.54 Å². The number of nitrogens with zero attached hydrogens (tertiary/aromatic N) is 2. The second kappa shape index (κ2) is 4.55. The van der Waals surface area contributed by atoms with Crippen LogP contribution in [-0.4, -0.2) is 15.2 Å². The average molecular weight is 287 g/mol. The van der Waals surface area contributed by atoms with Crippen molar-refractivity contribution in [2.45, 2.75) is 31.0 Å². The first-order valence-electron chi connectivity index (χ1n) is 5.35. The topological polar surface area (TPSA) is 34.9 Å². The van der Waals surface area contributed by atoms with Crippen LogP contribution in [0.1, 0.15) is 13.8 Å². The Morgan fingerprint density at radius 2 is 2.17 bits per heavy atom. The molecule has 0 radical (unpaired) electrons. The lowest BCUT2D eigenvalue weighted by molar-refractivity contribution is 0.184. The molecule has 0 aliphatic carbocycles. The fourth-order valence-electron chi connectivity index (χ4n) is 1.71. The Hall–Kier alpha value is -1.07. The highest BCUT2D eigenvalue weighted by Gasteiger charge is 2.19. The Morgan fingerprint density at radius 1 is 1.50 bits per heavy atom. The van der Waals surface area contributed by atoms with Crippen molar-refractivity contribution in [2.24, 2.45) is 0 Å². The minimum Gasteiger partial charge on any atom is -0.295 e. The Kier molecular flexibility index (Phi) is 3.38. The van der Waals surface area contributed by atoms with Gasteiger partial charge in [0.2, 0.25) is 0 Å². The number of hydrogen-bond acceptors (Lipinski definition) is 3. The van der Waals surface area contributed by atoms with Crippen molar-refractivity contribution in [1.82, 2.24) is 9.55 Å². The molecule has 0 N–H and O–H groups in total. The molecule has 0 saturated heterocycles. The molecule has 3 nitrogen and oxygen atoms in total. The van der Waals surface area contributed by atoms with Gasteiger partial charge in [0.05, 0.1) is 28.8 Å². The maximum Gasteiger partial charge on any atom is 0.262 e. The summed E-state index contributed by atoms with van der Waals surface area (Å²) >= 11 is 10.2. The standard InChI is InChI=1S/C12H12ClFN2OS/c1-12(2,14)5-16-6-15-7-3-4-8(18)10(13)9(7)11(16)17/h3-4,6,18H,5H2,1-2H3. The molecule has 1 heterocycles. The van der Waals surface area contributed by atoms with Gasteiger partial charge in [-0.2, -0.15) is 0 Å². The predicted octanol–water partition coefficient (Wildman–Crippen LogP) is 3.09. The number of thiol groups is 1. The molecule has 18 heavy (non-hydrogen) atoms. The van der Waals surface area contributed by atoms with Crippen LogP contribution in [0.5, 0.6) is 0 Å². The van der Waals surface area contributed by atoms with Gasteiger partial charge in [0, 0.05) is 4.90 Å². The number of hydrogen-bond donors (Lipinski definition) is 1. The second-order valence-electron chi connectivity index (χ2n) is 4.69. The lowest BCUT2D eigenvalue weighted by atomic mass is 10.1. The fourth-order valence-corrected chi connectivity index (χ4v) is 2.14. The van der Waals surface area contributed by atoms with Crippen LogP contribution >= 0.6 is 24.2 Å². The molecule has 6 heteroatoms. The SMILES string of the molecule is CC(C)(F)Cn1cnc2ccc(S)c(Cl)c2c1=O. The Bertz CT molecular complexity index is 663. The van der Waals surface area contributed by atoms with Crippen LogP contribution in [0, 0.1) is 0 Å². The quantitative estimate of drug-likeness (QED) is 0.861. The minimum atomic E-state index is -1.50. The van der Waals surface area contributed by atoms with E-state index in [2.05, 4.69) is 17.6 Å². The van der Waals surface area contributed by atoms with E-state index in [9.17, 15) is 9.18 Å². The van der Waals surface area contributed by atoms with Gasteiger partial charge in [-0.3, -0.25) is 9.36 Å². The van der Waals surface area contributed by atoms with Crippen LogP contribution < -0.4 is 5.56 Å². The number of aromatic nitrogens is 2. The van der Waals surface area contributed by atoms with E-state index in [1.54, 1.807) is 12.1 Å². The molecule has 0 amide bonds. The highest BCUT2D eigenvalue weighted by Crippen LogP contribution is 2.26. The maximum atomic E-state index is 13.6. The summed E-state index contributed by atoms with van der Waals surface area (Å²) in [6.45, 7) is 2.74. The summed E-state index contributed by atoms with van der Waals surface area (Å²) in [5, 5.41) is 0.523. The van der Waals surface area contributed by atoms with Gasteiger partial charge in [-0.25, -0.2) is 9.37 Å². The largest absolute Gasteiger partial charge is 0.295 e. The van der Waals surface area contributed by atoms with Gasteiger partial charge in [0.25, 0.3) is 5.56 Å². The third-order valence-electron chi connectivity index (χ3n) is 2.46. The summed E-state index contributed by atoms with van der Waals surface area (Å²) in [4.78, 5) is 16.8. The molecule has 0 bridgehead atoms. The van der Waals surface area contributed by atoms with Crippen molar-refractivity contribution in [3.63, 3.8) is 0 Å². The molecule has 1 aromatic carbocycles. The Morgan fingerprint density at radius 3 is 2.78 bits per heavy atom. The van der Waals surface area contributed by atoms with Gasteiger partial charge in [-0.05, 0) is 26.0 Å². The van der Waals surface area contributed by atoms with E-state index in [4.69, 9.17) is 11.6 Å².